The third kappa shape index (κ3) is 6.21. The lowest BCUT2D eigenvalue weighted by Gasteiger charge is -2.17. The van der Waals surface area contributed by atoms with E-state index in [-0.39, 0.29) is 6.04 Å². The molecule has 4 nitrogen and oxygen atoms in total. The van der Waals surface area contributed by atoms with Crippen LogP contribution in [0.15, 0.2) is 24.3 Å². The topological polar surface area (TPSA) is 42.5 Å². The standard InChI is InChI=1S/C15H24N2O2S/c1-4-19-14-8-6-13(7-9-14)12(2)17-15(20)16-10-5-11-18-3/h6-9,12H,4-5,10-11H2,1-3H3,(H2,16,17,20). The summed E-state index contributed by atoms with van der Waals surface area (Å²) in [5.41, 5.74) is 1.18. The second-order valence-electron chi connectivity index (χ2n) is 4.47. The summed E-state index contributed by atoms with van der Waals surface area (Å²) in [6.07, 6.45) is 0.940. The van der Waals surface area contributed by atoms with Crippen molar-refractivity contribution in [2.24, 2.45) is 0 Å². The molecule has 0 radical (unpaired) electrons. The Labute approximate surface area is 126 Å². The van der Waals surface area contributed by atoms with Gasteiger partial charge in [0.2, 0.25) is 0 Å². The minimum Gasteiger partial charge on any atom is -0.494 e. The molecule has 0 aromatic heterocycles. The van der Waals surface area contributed by atoms with E-state index in [1.165, 1.54) is 5.56 Å². The molecule has 112 valence electrons. The maximum atomic E-state index is 5.43. The molecular weight excluding hydrogens is 272 g/mol. The largest absolute Gasteiger partial charge is 0.494 e. The minimum absolute atomic E-state index is 0.160. The normalized spacial score (nSPS) is 11.8. The van der Waals surface area contributed by atoms with E-state index in [2.05, 4.69) is 29.7 Å². The van der Waals surface area contributed by atoms with Crippen molar-refractivity contribution >= 4 is 17.3 Å². The van der Waals surface area contributed by atoms with Crippen molar-refractivity contribution in [2.75, 3.05) is 26.9 Å². The number of benzene rings is 1. The zero-order chi connectivity index (χ0) is 14.8. The smallest absolute Gasteiger partial charge is 0.166 e. The number of nitrogens with one attached hydrogen (secondary N) is 2. The molecule has 0 heterocycles. The van der Waals surface area contributed by atoms with Crippen LogP contribution in [-0.4, -0.2) is 32.0 Å². The molecule has 0 bridgehead atoms. The van der Waals surface area contributed by atoms with Gasteiger partial charge in [-0.15, -0.1) is 0 Å². The van der Waals surface area contributed by atoms with Crippen molar-refractivity contribution in [1.82, 2.24) is 10.6 Å². The molecular formula is C15H24N2O2S. The molecule has 1 atom stereocenters. The van der Waals surface area contributed by atoms with Gasteiger partial charge in [0.1, 0.15) is 5.75 Å². The SMILES string of the molecule is CCOc1ccc(C(C)NC(=S)NCCCOC)cc1. The molecule has 1 rings (SSSR count). The van der Waals surface area contributed by atoms with E-state index in [1.54, 1.807) is 7.11 Å². The van der Waals surface area contributed by atoms with Gasteiger partial charge in [0.15, 0.2) is 5.11 Å². The van der Waals surface area contributed by atoms with Gasteiger partial charge in [0.05, 0.1) is 12.6 Å². The van der Waals surface area contributed by atoms with Gasteiger partial charge < -0.3 is 20.1 Å². The van der Waals surface area contributed by atoms with Crippen LogP contribution in [0.25, 0.3) is 0 Å². The van der Waals surface area contributed by atoms with Gasteiger partial charge >= 0.3 is 0 Å². The molecule has 0 fully saturated rings. The maximum Gasteiger partial charge on any atom is 0.166 e. The Kier molecular flexibility index (Phi) is 7.99. The molecule has 0 aliphatic carbocycles. The second kappa shape index (κ2) is 9.55. The summed E-state index contributed by atoms with van der Waals surface area (Å²) in [4.78, 5) is 0. The number of hydrogen-bond donors (Lipinski definition) is 2. The molecule has 0 saturated heterocycles. The van der Waals surface area contributed by atoms with Crippen LogP contribution in [0.1, 0.15) is 31.9 Å². The van der Waals surface area contributed by atoms with Crippen molar-refractivity contribution < 1.29 is 9.47 Å². The number of hydrogen-bond acceptors (Lipinski definition) is 3. The molecule has 2 N–H and O–H groups in total. The fourth-order valence-corrected chi connectivity index (χ4v) is 2.05. The van der Waals surface area contributed by atoms with Crippen molar-refractivity contribution in [2.45, 2.75) is 26.3 Å². The van der Waals surface area contributed by atoms with Crippen LogP contribution in [0.2, 0.25) is 0 Å². The lowest BCUT2D eigenvalue weighted by atomic mass is 10.1. The van der Waals surface area contributed by atoms with Gasteiger partial charge in [0.25, 0.3) is 0 Å². The summed E-state index contributed by atoms with van der Waals surface area (Å²) in [5, 5.41) is 7.10. The third-order valence-electron chi connectivity index (χ3n) is 2.85. The Morgan fingerprint density at radius 3 is 2.60 bits per heavy atom. The van der Waals surface area contributed by atoms with Gasteiger partial charge in [-0.05, 0) is 50.2 Å². The first-order valence-corrected chi connectivity index (χ1v) is 7.34. The highest BCUT2D eigenvalue weighted by molar-refractivity contribution is 7.80. The first kappa shape index (κ1) is 16.7. The zero-order valence-corrected chi connectivity index (χ0v) is 13.3. The first-order chi connectivity index (χ1) is 9.67. The van der Waals surface area contributed by atoms with Crippen molar-refractivity contribution in [3.63, 3.8) is 0 Å². The lowest BCUT2D eigenvalue weighted by molar-refractivity contribution is 0.195. The fraction of sp³-hybridized carbons (Fsp3) is 0.533. The van der Waals surface area contributed by atoms with Gasteiger partial charge in [-0.25, -0.2) is 0 Å². The number of thiocarbonyl (C=S) groups is 1. The molecule has 0 amide bonds. The number of rotatable bonds is 8. The Bertz CT molecular complexity index is 395. The Hall–Kier alpha value is -1.33. The van der Waals surface area contributed by atoms with Crippen molar-refractivity contribution in [3.05, 3.63) is 29.8 Å². The average Bonchev–Trinajstić information content (AvgIpc) is 2.45. The van der Waals surface area contributed by atoms with Crippen LogP contribution < -0.4 is 15.4 Å². The number of ether oxygens (including phenoxy) is 2. The predicted molar refractivity (Wildman–Crippen MR) is 86.3 cm³/mol. The third-order valence-corrected chi connectivity index (χ3v) is 3.11. The highest BCUT2D eigenvalue weighted by Crippen LogP contribution is 2.17. The molecule has 1 aromatic rings. The molecule has 0 aliphatic heterocycles. The van der Waals surface area contributed by atoms with Gasteiger partial charge in [-0.3, -0.25) is 0 Å². The van der Waals surface area contributed by atoms with Gasteiger partial charge in [0, 0.05) is 20.3 Å². The summed E-state index contributed by atoms with van der Waals surface area (Å²) in [6, 6.07) is 8.22. The molecule has 0 saturated carbocycles. The van der Waals surface area contributed by atoms with E-state index >= 15 is 0 Å². The van der Waals surface area contributed by atoms with E-state index in [9.17, 15) is 0 Å². The predicted octanol–water partition coefficient (Wildman–Crippen LogP) is 2.65. The van der Waals surface area contributed by atoms with Crippen LogP contribution in [0.5, 0.6) is 5.75 Å². The highest BCUT2D eigenvalue weighted by atomic mass is 32.1. The van der Waals surface area contributed by atoms with Gasteiger partial charge in [-0.2, -0.15) is 0 Å². The Morgan fingerprint density at radius 1 is 1.30 bits per heavy atom. The maximum absolute atomic E-state index is 5.43. The van der Waals surface area contributed by atoms with E-state index in [0.717, 1.165) is 25.3 Å². The summed E-state index contributed by atoms with van der Waals surface area (Å²) < 4.78 is 10.4. The van der Waals surface area contributed by atoms with Crippen LogP contribution in [0.4, 0.5) is 0 Å². The summed E-state index contributed by atoms with van der Waals surface area (Å²) in [6.45, 7) is 6.30. The number of methoxy groups -OCH3 is 1. The van der Waals surface area contributed by atoms with Crippen LogP contribution in [0.3, 0.4) is 0 Å². The molecule has 20 heavy (non-hydrogen) atoms. The summed E-state index contributed by atoms with van der Waals surface area (Å²) >= 11 is 5.26. The fourth-order valence-electron chi connectivity index (χ4n) is 1.77. The monoisotopic (exact) mass is 296 g/mol. The second-order valence-corrected chi connectivity index (χ2v) is 4.88. The Morgan fingerprint density at radius 2 is 2.00 bits per heavy atom. The van der Waals surface area contributed by atoms with E-state index in [1.807, 2.05) is 19.1 Å². The summed E-state index contributed by atoms with van der Waals surface area (Å²) in [7, 11) is 1.70. The minimum atomic E-state index is 0.160. The van der Waals surface area contributed by atoms with E-state index in [0.29, 0.717) is 11.7 Å². The molecule has 0 aliphatic rings. The van der Waals surface area contributed by atoms with E-state index in [4.69, 9.17) is 21.7 Å². The highest BCUT2D eigenvalue weighted by Gasteiger charge is 2.06. The quantitative estimate of drug-likeness (QED) is 0.570. The first-order valence-electron chi connectivity index (χ1n) is 6.93. The molecule has 1 aromatic carbocycles. The molecule has 0 spiro atoms. The molecule has 1 unspecified atom stereocenters. The van der Waals surface area contributed by atoms with Crippen LogP contribution >= 0.6 is 12.2 Å². The Balaban J connectivity index is 2.37. The molecule has 5 heteroatoms. The zero-order valence-electron chi connectivity index (χ0n) is 12.4. The lowest BCUT2D eigenvalue weighted by Crippen LogP contribution is -2.37. The van der Waals surface area contributed by atoms with Gasteiger partial charge in [-0.1, -0.05) is 12.1 Å². The van der Waals surface area contributed by atoms with Crippen LogP contribution in [0, 0.1) is 0 Å². The van der Waals surface area contributed by atoms with Crippen LogP contribution in [-0.2, 0) is 4.74 Å². The van der Waals surface area contributed by atoms with Crippen molar-refractivity contribution in [1.29, 1.82) is 0 Å². The van der Waals surface area contributed by atoms with E-state index < -0.39 is 0 Å². The summed E-state index contributed by atoms with van der Waals surface area (Å²) in [5.74, 6) is 0.892. The van der Waals surface area contributed by atoms with Crippen molar-refractivity contribution in [3.8, 4) is 5.75 Å². The average molecular weight is 296 g/mol.